The zero-order valence-corrected chi connectivity index (χ0v) is 11.1. The summed E-state index contributed by atoms with van der Waals surface area (Å²) in [6.07, 6.45) is 1.65. The number of rotatable bonds is 5. The maximum Gasteiger partial charge on any atom is 0.126 e. The zero-order chi connectivity index (χ0) is 13.0. The number of phenolic OH excluding ortho intramolecular Hbond substituents is 1. The van der Waals surface area contributed by atoms with E-state index < -0.39 is 16.6 Å². The van der Waals surface area contributed by atoms with E-state index in [1.54, 1.807) is 12.3 Å². The predicted octanol–water partition coefficient (Wildman–Crippen LogP) is 1.95. The van der Waals surface area contributed by atoms with E-state index in [1.165, 1.54) is 6.07 Å². The fraction of sp³-hybridized carbons (Fsp3) is 0.500. The van der Waals surface area contributed by atoms with Crippen LogP contribution in [0.1, 0.15) is 25.5 Å². The molecule has 2 N–H and O–H groups in total. The van der Waals surface area contributed by atoms with E-state index in [4.69, 9.17) is 0 Å². The number of phenols is 1. The van der Waals surface area contributed by atoms with Crippen molar-refractivity contribution in [2.45, 2.75) is 25.9 Å². The van der Waals surface area contributed by atoms with E-state index in [-0.39, 0.29) is 17.8 Å². The molecule has 1 aromatic rings. The lowest BCUT2D eigenvalue weighted by molar-refractivity contribution is 0.438. The van der Waals surface area contributed by atoms with Gasteiger partial charge in [0.05, 0.1) is 0 Å². The Balaban J connectivity index is 2.69. The molecule has 0 heterocycles. The maximum atomic E-state index is 12.8. The Labute approximate surface area is 104 Å². The first-order chi connectivity index (χ1) is 7.90. The van der Waals surface area contributed by atoms with Crippen molar-refractivity contribution >= 4 is 10.8 Å². The highest BCUT2D eigenvalue weighted by molar-refractivity contribution is 7.84. The van der Waals surface area contributed by atoms with Crippen molar-refractivity contribution in [1.82, 2.24) is 5.32 Å². The van der Waals surface area contributed by atoms with Crippen LogP contribution in [0.3, 0.4) is 0 Å². The predicted molar refractivity (Wildman–Crippen MR) is 68.0 cm³/mol. The summed E-state index contributed by atoms with van der Waals surface area (Å²) in [6, 6.07) is 3.92. The molecule has 0 saturated heterocycles. The number of nitrogens with one attached hydrogen (secondary N) is 1. The lowest BCUT2D eigenvalue weighted by Crippen LogP contribution is -2.33. The van der Waals surface area contributed by atoms with Crippen molar-refractivity contribution in [1.29, 1.82) is 0 Å². The average Bonchev–Trinajstić information content (AvgIpc) is 2.15. The van der Waals surface area contributed by atoms with Crippen LogP contribution in [-0.4, -0.2) is 27.4 Å². The molecule has 0 radical (unpaired) electrons. The molecule has 3 atom stereocenters. The number of halogens is 1. The van der Waals surface area contributed by atoms with Crippen LogP contribution in [0.2, 0.25) is 0 Å². The summed E-state index contributed by atoms with van der Waals surface area (Å²) < 4.78 is 23.9. The number of hydrogen-bond acceptors (Lipinski definition) is 3. The molecule has 0 spiro atoms. The van der Waals surface area contributed by atoms with Crippen LogP contribution >= 0.6 is 0 Å². The normalized spacial score (nSPS) is 16.5. The summed E-state index contributed by atoms with van der Waals surface area (Å²) >= 11 is 0. The quantitative estimate of drug-likeness (QED) is 0.849. The Morgan fingerprint density at radius 1 is 1.47 bits per heavy atom. The van der Waals surface area contributed by atoms with Crippen molar-refractivity contribution < 1.29 is 13.7 Å². The van der Waals surface area contributed by atoms with E-state index in [9.17, 15) is 13.7 Å². The lowest BCUT2D eigenvalue weighted by atomic mass is 10.1. The van der Waals surface area contributed by atoms with Crippen LogP contribution in [0, 0.1) is 5.82 Å². The first-order valence-corrected chi connectivity index (χ1v) is 7.17. The van der Waals surface area contributed by atoms with Crippen molar-refractivity contribution in [3.63, 3.8) is 0 Å². The van der Waals surface area contributed by atoms with E-state index in [0.717, 1.165) is 6.07 Å². The van der Waals surface area contributed by atoms with Crippen LogP contribution in [-0.2, 0) is 10.8 Å². The molecule has 0 aliphatic heterocycles. The van der Waals surface area contributed by atoms with Crippen LogP contribution in [0.4, 0.5) is 4.39 Å². The Kier molecular flexibility index (Phi) is 5.08. The molecular weight excluding hydrogens is 241 g/mol. The molecule has 96 valence electrons. The van der Waals surface area contributed by atoms with Gasteiger partial charge in [-0.25, -0.2) is 4.39 Å². The third-order valence-corrected chi connectivity index (χ3v) is 3.45. The molecule has 0 aliphatic carbocycles. The highest BCUT2D eigenvalue weighted by atomic mass is 32.2. The van der Waals surface area contributed by atoms with E-state index in [1.807, 2.05) is 13.8 Å². The Hall–Kier alpha value is -0.940. The summed E-state index contributed by atoms with van der Waals surface area (Å²) in [7, 11) is -0.862. The first kappa shape index (κ1) is 14.1. The summed E-state index contributed by atoms with van der Waals surface area (Å²) in [4.78, 5) is 0. The molecule has 0 aliphatic rings. The van der Waals surface area contributed by atoms with E-state index in [2.05, 4.69) is 5.32 Å². The monoisotopic (exact) mass is 259 g/mol. The SMILES string of the molecule is CC(CS(C)=O)NC(C)c1ccc(F)cc1O. The fourth-order valence-electron chi connectivity index (χ4n) is 1.80. The van der Waals surface area contributed by atoms with Gasteiger partial charge in [0.2, 0.25) is 0 Å². The van der Waals surface area contributed by atoms with Crippen molar-refractivity contribution in [3.05, 3.63) is 29.6 Å². The fourth-order valence-corrected chi connectivity index (χ4v) is 2.60. The molecule has 3 unspecified atom stereocenters. The molecule has 17 heavy (non-hydrogen) atoms. The van der Waals surface area contributed by atoms with Gasteiger partial charge in [0.25, 0.3) is 0 Å². The van der Waals surface area contributed by atoms with Gasteiger partial charge in [0.1, 0.15) is 11.6 Å². The molecule has 5 heteroatoms. The molecule has 0 fully saturated rings. The smallest absolute Gasteiger partial charge is 0.126 e. The van der Waals surface area contributed by atoms with Gasteiger partial charge in [-0.15, -0.1) is 0 Å². The third kappa shape index (κ3) is 4.44. The molecule has 3 nitrogen and oxygen atoms in total. The van der Waals surface area contributed by atoms with Gasteiger partial charge in [0, 0.05) is 46.5 Å². The van der Waals surface area contributed by atoms with Gasteiger partial charge in [-0.2, -0.15) is 0 Å². The molecule has 0 saturated carbocycles. The topological polar surface area (TPSA) is 49.3 Å². The summed E-state index contributed by atoms with van der Waals surface area (Å²) in [5.74, 6) is 0.0303. The van der Waals surface area contributed by atoms with Gasteiger partial charge in [-0.1, -0.05) is 6.07 Å². The Morgan fingerprint density at radius 3 is 2.65 bits per heavy atom. The lowest BCUT2D eigenvalue weighted by Gasteiger charge is -2.20. The summed E-state index contributed by atoms with van der Waals surface area (Å²) in [5, 5.41) is 12.8. The number of aromatic hydroxyl groups is 1. The Morgan fingerprint density at radius 2 is 2.12 bits per heavy atom. The second kappa shape index (κ2) is 6.12. The van der Waals surface area contributed by atoms with E-state index >= 15 is 0 Å². The van der Waals surface area contributed by atoms with Gasteiger partial charge < -0.3 is 10.4 Å². The van der Waals surface area contributed by atoms with Gasteiger partial charge >= 0.3 is 0 Å². The molecule has 0 bridgehead atoms. The van der Waals surface area contributed by atoms with Crippen molar-refractivity contribution in [2.75, 3.05) is 12.0 Å². The molecule has 1 rings (SSSR count). The minimum absolute atomic E-state index is 0.0604. The Bertz CT molecular complexity index is 411. The van der Waals surface area contributed by atoms with Crippen LogP contribution in [0.25, 0.3) is 0 Å². The number of benzene rings is 1. The van der Waals surface area contributed by atoms with Crippen LogP contribution < -0.4 is 5.32 Å². The zero-order valence-electron chi connectivity index (χ0n) is 10.2. The number of hydrogen-bond donors (Lipinski definition) is 2. The standard InChI is InChI=1S/C12H18FNO2S/c1-8(7-17(3)16)14-9(2)11-5-4-10(13)6-12(11)15/h4-6,8-9,14-15H,7H2,1-3H3. The van der Waals surface area contributed by atoms with Gasteiger partial charge in [-0.05, 0) is 19.9 Å². The molecule has 0 amide bonds. The minimum atomic E-state index is -0.862. The second-order valence-corrected chi connectivity index (χ2v) is 5.71. The molecular formula is C12H18FNO2S. The average molecular weight is 259 g/mol. The van der Waals surface area contributed by atoms with Crippen LogP contribution in [0.5, 0.6) is 5.75 Å². The summed E-state index contributed by atoms with van der Waals surface area (Å²) in [5.41, 5.74) is 0.639. The van der Waals surface area contributed by atoms with Crippen molar-refractivity contribution in [3.8, 4) is 5.75 Å². The third-order valence-electron chi connectivity index (χ3n) is 2.48. The highest BCUT2D eigenvalue weighted by Gasteiger charge is 2.14. The van der Waals surface area contributed by atoms with Gasteiger partial charge in [-0.3, -0.25) is 4.21 Å². The van der Waals surface area contributed by atoms with Gasteiger partial charge in [0.15, 0.2) is 0 Å². The second-order valence-electron chi connectivity index (χ2n) is 4.23. The largest absolute Gasteiger partial charge is 0.508 e. The van der Waals surface area contributed by atoms with Crippen LogP contribution in [0.15, 0.2) is 18.2 Å². The van der Waals surface area contributed by atoms with E-state index in [0.29, 0.717) is 11.3 Å². The maximum absolute atomic E-state index is 12.8. The minimum Gasteiger partial charge on any atom is -0.508 e. The first-order valence-electron chi connectivity index (χ1n) is 5.44. The molecule has 0 aromatic heterocycles. The molecule has 1 aromatic carbocycles. The highest BCUT2D eigenvalue weighted by Crippen LogP contribution is 2.24. The van der Waals surface area contributed by atoms with Crippen molar-refractivity contribution in [2.24, 2.45) is 0 Å². The summed E-state index contributed by atoms with van der Waals surface area (Å²) in [6.45, 7) is 3.81.